The third kappa shape index (κ3) is 4.02. The standard InChI is InChI=1S/C16H18N2O5S3/c1-2-17(11-5-7-26(22,23)10-11)14(19)9-18-15(20)13(25-16(18)21)8-12-4-3-6-24-12/h3-4,6,8,11H,2,5,7,9-10H2,1H3. The molecule has 0 radical (unpaired) electrons. The number of likely N-dealkylation sites (N-methyl/N-ethyl adjacent to an activating group) is 1. The predicted molar refractivity (Wildman–Crippen MR) is 101 cm³/mol. The number of carbonyl (C=O) groups excluding carboxylic acids is 3. The highest BCUT2D eigenvalue weighted by Gasteiger charge is 2.39. The molecule has 3 heterocycles. The zero-order chi connectivity index (χ0) is 18.9. The van der Waals surface area contributed by atoms with E-state index in [9.17, 15) is 22.8 Å². The molecule has 2 fully saturated rings. The quantitative estimate of drug-likeness (QED) is 0.683. The van der Waals surface area contributed by atoms with Crippen molar-refractivity contribution in [2.45, 2.75) is 19.4 Å². The van der Waals surface area contributed by atoms with Crippen molar-refractivity contribution in [3.63, 3.8) is 0 Å². The first-order valence-corrected chi connectivity index (χ1v) is 11.6. The van der Waals surface area contributed by atoms with E-state index in [4.69, 9.17) is 0 Å². The lowest BCUT2D eigenvalue weighted by molar-refractivity contribution is -0.137. The molecule has 3 amide bonds. The summed E-state index contributed by atoms with van der Waals surface area (Å²) in [6.07, 6.45) is 2.03. The molecule has 0 bridgehead atoms. The maximum Gasteiger partial charge on any atom is 0.294 e. The van der Waals surface area contributed by atoms with Gasteiger partial charge in [-0.05, 0) is 42.6 Å². The van der Waals surface area contributed by atoms with Crippen molar-refractivity contribution in [3.8, 4) is 0 Å². The number of nitrogens with zero attached hydrogens (tertiary/aromatic N) is 2. The maximum absolute atomic E-state index is 12.6. The summed E-state index contributed by atoms with van der Waals surface area (Å²) in [6.45, 7) is 1.73. The number of hydrogen-bond acceptors (Lipinski definition) is 7. The zero-order valence-electron chi connectivity index (χ0n) is 14.1. The number of imide groups is 1. The van der Waals surface area contributed by atoms with Crippen LogP contribution in [0.2, 0.25) is 0 Å². The predicted octanol–water partition coefficient (Wildman–Crippen LogP) is 1.82. The molecule has 7 nitrogen and oxygen atoms in total. The van der Waals surface area contributed by atoms with Crippen molar-refractivity contribution in [2.24, 2.45) is 0 Å². The van der Waals surface area contributed by atoms with E-state index >= 15 is 0 Å². The van der Waals surface area contributed by atoms with Gasteiger partial charge in [-0.1, -0.05) is 6.07 Å². The Morgan fingerprint density at radius 1 is 1.42 bits per heavy atom. The molecule has 2 saturated heterocycles. The van der Waals surface area contributed by atoms with E-state index in [-0.39, 0.29) is 29.0 Å². The Morgan fingerprint density at radius 2 is 2.19 bits per heavy atom. The fourth-order valence-corrected chi connectivity index (χ4v) is 6.32. The molecular weight excluding hydrogens is 396 g/mol. The number of rotatable bonds is 5. The molecule has 2 aliphatic rings. The topological polar surface area (TPSA) is 91.8 Å². The van der Waals surface area contributed by atoms with E-state index in [0.29, 0.717) is 13.0 Å². The SMILES string of the molecule is CCN(C(=O)CN1C(=O)SC(=Cc2cccs2)C1=O)C1CCS(=O)(=O)C1. The molecule has 0 saturated carbocycles. The highest BCUT2D eigenvalue weighted by atomic mass is 32.2. The van der Waals surface area contributed by atoms with Crippen molar-refractivity contribution in [2.75, 3.05) is 24.6 Å². The Bertz CT molecular complexity index is 860. The minimum absolute atomic E-state index is 0.0621. The number of thioether (sulfide) groups is 1. The third-order valence-electron chi connectivity index (χ3n) is 4.29. The lowest BCUT2D eigenvalue weighted by Crippen LogP contribution is -2.47. The molecule has 140 valence electrons. The van der Waals surface area contributed by atoms with Gasteiger partial charge in [0, 0.05) is 17.5 Å². The summed E-state index contributed by atoms with van der Waals surface area (Å²) in [6, 6.07) is 3.29. The number of thiophene rings is 1. The van der Waals surface area contributed by atoms with E-state index in [1.54, 1.807) is 13.0 Å². The Kier molecular flexibility index (Phi) is 5.54. The fourth-order valence-electron chi connectivity index (χ4n) is 3.02. The molecule has 1 aromatic rings. The van der Waals surface area contributed by atoms with Crippen LogP contribution in [0.3, 0.4) is 0 Å². The van der Waals surface area contributed by atoms with Gasteiger partial charge in [-0.15, -0.1) is 11.3 Å². The first kappa shape index (κ1) is 19.1. The van der Waals surface area contributed by atoms with Crippen molar-refractivity contribution in [1.82, 2.24) is 9.80 Å². The van der Waals surface area contributed by atoms with Crippen molar-refractivity contribution in [1.29, 1.82) is 0 Å². The van der Waals surface area contributed by atoms with Crippen LogP contribution in [0.5, 0.6) is 0 Å². The summed E-state index contributed by atoms with van der Waals surface area (Å²) in [7, 11) is -3.12. The minimum Gasteiger partial charge on any atom is -0.337 e. The van der Waals surface area contributed by atoms with Gasteiger partial charge in [0.2, 0.25) is 5.91 Å². The molecule has 2 aliphatic heterocycles. The Morgan fingerprint density at radius 3 is 2.77 bits per heavy atom. The van der Waals surface area contributed by atoms with E-state index in [1.807, 2.05) is 17.5 Å². The van der Waals surface area contributed by atoms with Crippen LogP contribution in [0, 0.1) is 0 Å². The Labute approximate surface area is 160 Å². The highest BCUT2D eigenvalue weighted by molar-refractivity contribution is 8.18. The average Bonchev–Trinajstić information content (AvgIpc) is 3.26. The maximum atomic E-state index is 12.6. The number of hydrogen-bond donors (Lipinski definition) is 0. The van der Waals surface area contributed by atoms with Gasteiger partial charge < -0.3 is 4.90 Å². The van der Waals surface area contributed by atoms with Crippen LogP contribution in [0.15, 0.2) is 22.4 Å². The van der Waals surface area contributed by atoms with Gasteiger partial charge in [0.15, 0.2) is 9.84 Å². The van der Waals surface area contributed by atoms with Gasteiger partial charge in [0.25, 0.3) is 11.1 Å². The smallest absolute Gasteiger partial charge is 0.294 e. The van der Waals surface area contributed by atoms with Crippen LogP contribution in [0.1, 0.15) is 18.2 Å². The van der Waals surface area contributed by atoms with Gasteiger partial charge >= 0.3 is 0 Å². The van der Waals surface area contributed by atoms with Crippen molar-refractivity contribution >= 4 is 56.1 Å². The molecule has 1 atom stereocenters. The number of amides is 3. The summed E-state index contributed by atoms with van der Waals surface area (Å²) in [5, 5.41) is 1.38. The molecule has 0 aliphatic carbocycles. The van der Waals surface area contributed by atoms with Crippen LogP contribution in [0.4, 0.5) is 4.79 Å². The van der Waals surface area contributed by atoms with E-state index in [2.05, 4.69) is 0 Å². The summed E-state index contributed by atoms with van der Waals surface area (Å²) in [5.41, 5.74) is 0. The highest BCUT2D eigenvalue weighted by Crippen LogP contribution is 2.33. The monoisotopic (exact) mass is 414 g/mol. The van der Waals surface area contributed by atoms with Crippen LogP contribution in [-0.2, 0) is 19.4 Å². The normalized spacial score (nSPS) is 23.8. The first-order chi connectivity index (χ1) is 12.3. The van der Waals surface area contributed by atoms with Gasteiger partial charge in [-0.2, -0.15) is 0 Å². The van der Waals surface area contributed by atoms with E-state index < -0.39 is 26.9 Å². The van der Waals surface area contributed by atoms with Crippen LogP contribution < -0.4 is 0 Å². The van der Waals surface area contributed by atoms with Crippen LogP contribution in [0.25, 0.3) is 6.08 Å². The second kappa shape index (κ2) is 7.53. The van der Waals surface area contributed by atoms with Crippen molar-refractivity contribution in [3.05, 3.63) is 27.3 Å². The molecule has 1 aromatic heterocycles. The molecule has 0 N–H and O–H groups in total. The first-order valence-electron chi connectivity index (χ1n) is 8.09. The number of carbonyl (C=O) groups is 3. The largest absolute Gasteiger partial charge is 0.337 e. The summed E-state index contributed by atoms with van der Waals surface area (Å²) in [5.74, 6) is -0.898. The van der Waals surface area contributed by atoms with E-state index in [0.717, 1.165) is 21.5 Å². The lowest BCUT2D eigenvalue weighted by Gasteiger charge is -2.28. The van der Waals surface area contributed by atoms with Gasteiger partial charge in [0.05, 0.1) is 16.4 Å². The zero-order valence-corrected chi connectivity index (χ0v) is 16.5. The molecule has 0 spiro atoms. The molecule has 10 heteroatoms. The number of sulfone groups is 1. The molecular formula is C16H18N2O5S3. The molecule has 26 heavy (non-hydrogen) atoms. The minimum atomic E-state index is -3.12. The third-order valence-corrected chi connectivity index (χ3v) is 7.77. The average molecular weight is 415 g/mol. The molecule has 0 aromatic carbocycles. The van der Waals surface area contributed by atoms with E-state index in [1.165, 1.54) is 16.2 Å². The van der Waals surface area contributed by atoms with Crippen molar-refractivity contribution < 1.29 is 22.8 Å². The second-order valence-corrected chi connectivity index (χ2v) is 10.2. The fraction of sp³-hybridized carbons (Fsp3) is 0.438. The van der Waals surface area contributed by atoms with Crippen LogP contribution >= 0.6 is 23.1 Å². The van der Waals surface area contributed by atoms with Gasteiger partial charge in [-0.3, -0.25) is 19.3 Å². The van der Waals surface area contributed by atoms with Gasteiger partial charge in [0.1, 0.15) is 6.54 Å². The molecule has 3 rings (SSSR count). The van der Waals surface area contributed by atoms with Gasteiger partial charge in [-0.25, -0.2) is 8.42 Å². The Hall–Kier alpha value is -1.65. The summed E-state index contributed by atoms with van der Waals surface area (Å²) in [4.78, 5) is 40.8. The second-order valence-electron chi connectivity index (χ2n) is 6.02. The van der Waals surface area contributed by atoms with Crippen LogP contribution in [-0.4, -0.2) is 65.9 Å². The lowest BCUT2D eigenvalue weighted by atomic mass is 10.2. The molecule has 1 unspecified atom stereocenters. The summed E-state index contributed by atoms with van der Waals surface area (Å²) >= 11 is 2.26. The summed E-state index contributed by atoms with van der Waals surface area (Å²) < 4.78 is 23.3. The Balaban J connectivity index is 1.70.